The zero-order valence-corrected chi connectivity index (χ0v) is 14.9. The summed E-state index contributed by atoms with van der Waals surface area (Å²) < 4.78 is 0. The van der Waals surface area contributed by atoms with Crippen molar-refractivity contribution in [2.75, 3.05) is 36.8 Å². The van der Waals surface area contributed by atoms with Crippen LogP contribution in [0.4, 0.5) is 11.6 Å². The highest BCUT2D eigenvalue weighted by molar-refractivity contribution is 6.10. The first-order valence-electron chi connectivity index (χ1n) is 8.77. The topological polar surface area (TPSA) is 75.3 Å². The van der Waals surface area contributed by atoms with Gasteiger partial charge in [0, 0.05) is 38.4 Å². The second kappa shape index (κ2) is 7.61. The lowest BCUT2D eigenvalue weighted by Crippen LogP contribution is -2.35. The van der Waals surface area contributed by atoms with Gasteiger partial charge in [-0.25, -0.2) is 9.97 Å². The predicted octanol–water partition coefficient (Wildman–Crippen LogP) is 2.21. The highest BCUT2D eigenvalue weighted by Gasteiger charge is 2.19. The molecule has 25 heavy (non-hydrogen) atoms. The van der Waals surface area contributed by atoms with E-state index in [-0.39, 0.29) is 11.6 Å². The molecule has 1 fully saturated rings. The number of nitrogen functional groups attached to an aromatic ring is 1. The van der Waals surface area contributed by atoms with Gasteiger partial charge in [0.05, 0.1) is 5.56 Å². The standard InChI is InChI=1S/C19H25N5O/c1-14(2)23-10-5-11-24(13-12-23)17-8-3-7-16(22-17)18(25)15-6-4-9-21-19(15)20/h3-4,6-9,14H,5,10-13H2,1-2H3,(H2,20,21). The molecule has 0 bridgehead atoms. The quantitative estimate of drug-likeness (QED) is 0.861. The Kier molecular flexibility index (Phi) is 5.28. The number of nitrogens with zero attached hydrogens (tertiary/aromatic N) is 4. The molecule has 2 N–H and O–H groups in total. The average molecular weight is 339 g/mol. The Bertz CT molecular complexity index is 746. The second-order valence-electron chi connectivity index (χ2n) is 6.62. The van der Waals surface area contributed by atoms with Gasteiger partial charge in [-0.1, -0.05) is 6.07 Å². The molecule has 1 aliphatic rings. The summed E-state index contributed by atoms with van der Waals surface area (Å²) in [6.07, 6.45) is 2.67. The maximum absolute atomic E-state index is 12.7. The van der Waals surface area contributed by atoms with Gasteiger partial charge in [0.2, 0.25) is 5.78 Å². The van der Waals surface area contributed by atoms with E-state index in [2.05, 4.69) is 33.6 Å². The van der Waals surface area contributed by atoms with Crippen molar-refractivity contribution in [1.82, 2.24) is 14.9 Å². The Balaban J connectivity index is 1.80. The van der Waals surface area contributed by atoms with Crippen molar-refractivity contribution in [2.45, 2.75) is 26.3 Å². The molecule has 0 radical (unpaired) electrons. The first kappa shape index (κ1) is 17.4. The van der Waals surface area contributed by atoms with Gasteiger partial charge in [0.15, 0.2) is 0 Å². The van der Waals surface area contributed by atoms with Gasteiger partial charge < -0.3 is 10.6 Å². The van der Waals surface area contributed by atoms with Crippen molar-refractivity contribution in [1.29, 1.82) is 0 Å². The summed E-state index contributed by atoms with van der Waals surface area (Å²) in [5.74, 6) is 0.895. The molecule has 0 saturated carbocycles. The van der Waals surface area contributed by atoms with Crippen LogP contribution >= 0.6 is 0 Å². The van der Waals surface area contributed by atoms with Crippen molar-refractivity contribution in [3.05, 3.63) is 47.8 Å². The van der Waals surface area contributed by atoms with Crippen LogP contribution in [-0.4, -0.2) is 52.9 Å². The molecule has 0 spiro atoms. The number of anilines is 2. The molecule has 0 atom stereocenters. The molecule has 0 unspecified atom stereocenters. The predicted molar refractivity (Wildman–Crippen MR) is 99.9 cm³/mol. The molecule has 2 aromatic rings. The fourth-order valence-corrected chi connectivity index (χ4v) is 3.16. The van der Waals surface area contributed by atoms with Crippen LogP contribution in [0, 0.1) is 0 Å². The summed E-state index contributed by atoms with van der Waals surface area (Å²) in [7, 11) is 0. The molecule has 132 valence electrons. The van der Waals surface area contributed by atoms with Crippen LogP contribution < -0.4 is 10.6 Å². The molecule has 0 aromatic carbocycles. The van der Waals surface area contributed by atoms with E-state index in [0.29, 0.717) is 17.3 Å². The normalized spacial score (nSPS) is 16.0. The molecule has 6 heteroatoms. The molecule has 0 aliphatic carbocycles. The number of hydrogen-bond donors (Lipinski definition) is 1. The molecule has 1 saturated heterocycles. The van der Waals surface area contributed by atoms with Gasteiger partial charge in [-0.2, -0.15) is 0 Å². The molecule has 3 rings (SSSR count). The third-order valence-electron chi connectivity index (χ3n) is 4.63. The summed E-state index contributed by atoms with van der Waals surface area (Å²) in [4.78, 5) is 26.0. The number of carbonyl (C=O) groups is 1. The minimum atomic E-state index is -0.189. The number of ketones is 1. The molecule has 6 nitrogen and oxygen atoms in total. The number of carbonyl (C=O) groups excluding carboxylic acids is 1. The van der Waals surface area contributed by atoms with Gasteiger partial charge >= 0.3 is 0 Å². The molecule has 0 amide bonds. The third-order valence-corrected chi connectivity index (χ3v) is 4.63. The molecule has 1 aliphatic heterocycles. The number of pyridine rings is 2. The second-order valence-corrected chi connectivity index (χ2v) is 6.62. The zero-order valence-electron chi connectivity index (χ0n) is 14.9. The van der Waals surface area contributed by atoms with Gasteiger partial charge in [-0.15, -0.1) is 0 Å². The monoisotopic (exact) mass is 339 g/mol. The number of nitrogens with two attached hydrogens (primary N) is 1. The zero-order chi connectivity index (χ0) is 17.8. The fraction of sp³-hybridized carbons (Fsp3) is 0.421. The van der Waals surface area contributed by atoms with Crippen molar-refractivity contribution in [2.24, 2.45) is 0 Å². The Morgan fingerprint density at radius 1 is 1.12 bits per heavy atom. The molecular formula is C19H25N5O. The largest absolute Gasteiger partial charge is 0.383 e. The van der Waals surface area contributed by atoms with Crippen molar-refractivity contribution >= 4 is 17.4 Å². The minimum absolute atomic E-state index is 0.189. The van der Waals surface area contributed by atoms with Crippen LogP contribution in [0.3, 0.4) is 0 Å². The van der Waals surface area contributed by atoms with E-state index in [4.69, 9.17) is 5.73 Å². The first-order valence-corrected chi connectivity index (χ1v) is 8.77. The van der Waals surface area contributed by atoms with E-state index >= 15 is 0 Å². The summed E-state index contributed by atoms with van der Waals surface area (Å²) in [5, 5.41) is 0. The van der Waals surface area contributed by atoms with Gasteiger partial charge in [-0.05, 0) is 44.5 Å². The van der Waals surface area contributed by atoms with E-state index in [0.717, 1.165) is 38.4 Å². The van der Waals surface area contributed by atoms with E-state index in [1.807, 2.05) is 12.1 Å². The van der Waals surface area contributed by atoms with E-state index in [9.17, 15) is 4.79 Å². The van der Waals surface area contributed by atoms with Crippen molar-refractivity contribution in [3.63, 3.8) is 0 Å². The van der Waals surface area contributed by atoms with Crippen LogP contribution in [0.25, 0.3) is 0 Å². The maximum atomic E-state index is 12.7. The van der Waals surface area contributed by atoms with E-state index in [1.54, 1.807) is 24.4 Å². The number of rotatable bonds is 4. The van der Waals surface area contributed by atoms with Crippen molar-refractivity contribution < 1.29 is 4.79 Å². The van der Waals surface area contributed by atoms with Crippen LogP contribution in [0.2, 0.25) is 0 Å². The van der Waals surface area contributed by atoms with Crippen LogP contribution in [0.15, 0.2) is 36.5 Å². The summed E-state index contributed by atoms with van der Waals surface area (Å²) >= 11 is 0. The van der Waals surface area contributed by atoms with E-state index < -0.39 is 0 Å². The Labute approximate surface area is 148 Å². The molecule has 3 heterocycles. The average Bonchev–Trinajstić information content (AvgIpc) is 2.88. The summed E-state index contributed by atoms with van der Waals surface area (Å²) in [6.45, 7) is 8.42. The van der Waals surface area contributed by atoms with Crippen LogP contribution in [0.5, 0.6) is 0 Å². The lowest BCUT2D eigenvalue weighted by molar-refractivity contribution is 0.103. The Morgan fingerprint density at radius 2 is 1.96 bits per heavy atom. The minimum Gasteiger partial charge on any atom is -0.383 e. The van der Waals surface area contributed by atoms with Crippen LogP contribution in [-0.2, 0) is 0 Å². The molecular weight excluding hydrogens is 314 g/mol. The number of hydrogen-bond acceptors (Lipinski definition) is 6. The highest BCUT2D eigenvalue weighted by atomic mass is 16.1. The third kappa shape index (κ3) is 3.96. The van der Waals surface area contributed by atoms with Crippen LogP contribution in [0.1, 0.15) is 36.3 Å². The SMILES string of the molecule is CC(C)N1CCCN(c2cccc(C(=O)c3cccnc3N)n2)CC1. The first-order chi connectivity index (χ1) is 12.1. The van der Waals surface area contributed by atoms with Gasteiger partial charge in [0.25, 0.3) is 0 Å². The van der Waals surface area contributed by atoms with E-state index in [1.165, 1.54) is 0 Å². The van der Waals surface area contributed by atoms with Gasteiger partial charge in [0.1, 0.15) is 17.3 Å². The fourth-order valence-electron chi connectivity index (χ4n) is 3.16. The lowest BCUT2D eigenvalue weighted by atomic mass is 10.1. The summed E-state index contributed by atoms with van der Waals surface area (Å²) in [6, 6.07) is 9.53. The Hall–Kier alpha value is -2.47. The molecule has 2 aromatic heterocycles. The lowest BCUT2D eigenvalue weighted by Gasteiger charge is -2.25. The maximum Gasteiger partial charge on any atom is 0.215 e. The van der Waals surface area contributed by atoms with Gasteiger partial charge in [-0.3, -0.25) is 9.69 Å². The van der Waals surface area contributed by atoms with Crippen molar-refractivity contribution in [3.8, 4) is 0 Å². The smallest absolute Gasteiger partial charge is 0.215 e. The highest BCUT2D eigenvalue weighted by Crippen LogP contribution is 2.18. The number of aromatic nitrogens is 2. The summed E-state index contributed by atoms with van der Waals surface area (Å²) in [5.41, 5.74) is 6.63. The Morgan fingerprint density at radius 3 is 2.72 bits per heavy atom.